The van der Waals surface area contributed by atoms with Crippen LogP contribution in [0.1, 0.15) is 33.6 Å². The maximum Gasteiger partial charge on any atom is 0.176 e. The highest BCUT2D eigenvalue weighted by Gasteiger charge is 2.26. The molecule has 3 aliphatic rings. The van der Waals surface area contributed by atoms with Crippen LogP contribution in [0.4, 0.5) is 0 Å². The first-order chi connectivity index (χ1) is 8.88. The highest BCUT2D eigenvalue weighted by molar-refractivity contribution is 6.51. The molecule has 3 rings (SSSR count). The summed E-state index contributed by atoms with van der Waals surface area (Å²) in [7, 11) is -0.626. The number of epoxide rings is 2. The second-order valence-electron chi connectivity index (χ2n) is 5.23. The van der Waals surface area contributed by atoms with Crippen molar-refractivity contribution in [1.82, 2.24) is 0 Å². The van der Waals surface area contributed by atoms with Crippen LogP contribution in [0, 0.1) is 0 Å². The molecule has 0 bridgehead atoms. The van der Waals surface area contributed by atoms with E-state index in [1.165, 1.54) is 31.4 Å². The van der Waals surface area contributed by atoms with E-state index in [1.54, 1.807) is 0 Å². The van der Waals surface area contributed by atoms with E-state index in [0.717, 1.165) is 33.0 Å². The van der Waals surface area contributed by atoms with Gasteiger partial charge in [-0.1, -0.05) is 27.2 Å². The van der Waals surface area contributed by atoms with Gasteiger partial charge in [0.05, 0.1) is 26.4 Å². The molecule has 3 atom stereocenters. The average Bonchev–Trinajstić information content (AvgIpc) is 3.27. The topological polar surface area (TPSA) is 43.5 Å². The molecule has 5 heteroatoms. The van der Waals surface area contributed by atoms with Gasteiger partial charge in [0, 0.05) is 6.61 Å². The number of hydrogen-bond donors (Lipinski definition) is 0. The van der Waals surface area contributed by atoms with Crippen LogP contribution in [0.25, 0.3) is 0 Å². The molecular weight excluding hydrogens is 260 g/mol. The second-order valence-corrected chi connectivity index (χ2v) is 7.96. The van der Waals surface area contributed by atoms with E-state index in [2.05, 4.69) is 6.92 Å². The van der Waals surface area contributed by atoms with E-state index >= 15 is 0 Å². The lowest BCUT2D eigenvalue weighted by atomic mass is 10.4. The molecule has 0 aromatic carbocycles. The Bertz CT molecular complexity index is 199. The minimum absolute atomic E-state index is 0. The van der Waals surface area contributed by atoms with Crippen molar-refractivity contribution >= 4 is 9.04 Å². The van der Waals surface area contributed by atoms with Crippen LogP contribution >= 0.6 is 0 Å². The van der Waals surface area contributed by atoms with Crippen LogP contribution in [0.15, 0.2) is 0 Å². The molecule has 3 aliphatic heterocycles. The molecule has 3 fully saturated rings. The van der Waals surface area contributed by atoms with Gasteiger partial charge < -0.3 is 18.6 Å². The molecule has 114 valence electrons. The minimum Gasteiger partial charge on any atom is -0.420 e. The zero-order chi connectivity index (χ0) is 12.6. The molecule has 0 spiro atoms. The summed E-state index contributed by atoms with van der Waals surface area (Å²) in [5.74, 6) is 0. The van der Waals surface area contributed by atoms with Crippen LogP contribution in [0.3, 0.4) is 0 Å². The quantitative estimate of drug-likeness (QED) is 0.556. The van der Waals surface area contributed by atoms with Gasteiger partial charge in [0.1, 0.15) is 12.2 Å². The van der Waals surface area contributed by atoms with Gasteiger partial charge in [-0.3, -0.25) is 0 Å². The van der Waals surface area contributed by atoms with Crippen molar-refractivity contribution in [3.8, 4) is 0 Å². The summed E-state index contributed by atoms with van der Waals surface area (Å²) in [4.78, 5) is 0. The first kappa shape index (κ1) is 17.1. The monoisotopic (exact) mass is 290 g/mol. The lowest BCUT2D eigenvalue weighted by molar-refractivity contribution is 0.102. The number of rotatable bonds is 6. The first-order valence-corrected chi connectivity index (χ1v) is 9.41. The van der Waals surface area contributed by atoms with E-state index in [0.29, 0.717) is 12.2 Å². The Morgan fingerprint density at radius 1 is 1.11 bits per heavy atom. The Hall–Kier alpha value is 0.0569. The molecule has 3 unspecified atom stereocenters. The molecular formula is C14H30O4Si. The number of hydrogen-bond acceptors (Lipinski definition) is 4. The molecule has 4 nitrogen and oxygen atoms in total. The number of ether oxygens (including phenoxy) is 3. The van der Waals surface area contributed by atoms with Crippen molar-refractivity contribution in [2.75, 3.05) is 33.0 Å². The van der Waals surface area contributed by atoms with Crippen molar-refractivity contribution in [2.24, 2.45) is 0 Å². The normalized spacial score (nSPS) is 31.7. The Morgan fingerprint density at radius 3 is 2.16 bits per heavy atom. The summed E-state index contributed by atoms with van der Waals surface area (Å²) < 4.78 is 20.8. The van der Waals surface area contributed by atoms with Crippen molar-refractivity contribution in [2.45, 2.75) is 57.9 Å². The molecule has 0 amide bonds. The molecule has 0 aromatic heterocycles. The van der Waals surface area contributed by atoms with Crippen molar-refractivity contribution < 1.29 is 18.6 Å². The van der Waals surface area contributed by atoms with Crippen LogP contribution in [0.5, 0.6) is 0 Å². The maximum atomic E-state index is 5.66. The van der Waals surface area contributed by atoms with Gasteiger partial charge >= 0.3 is 0 Å². The van der Waals surface area contributed by atoms with E-state index in [1.807, 2.05) is 0 Å². The first-order valence-electron chi connectivity index (χ1n) is 7.31. The van der Waals surface area contributed by atoms with Crippen molar-refractivity contribution in [3.05, 3.63) is 0 Å². The standard InChI is InChI=1S/C7H16OSi.C6H10O3.CH4/c1-2-6-9-7-4-3-5-8-9;1(5-3-8-5)7-2-6-4-9-6;/h9H,2-7H2,1H3;5-6H,1-4H2;1H4. The van der Waals surface area contributed by atoms with Crippen molar-refractivity contribution in [1.29, 1.82) is 0 Å². The molecule has 0 saturated carbocycles. The summed E-state index contributed by atoms with van der Waals surface area (Å²) in [6.07, 6.45) is 4.87. The summed E-state index contributed by atoms with van der Waals surface area (Å²) in [6, 6.07) is 2.84. The fourth-order valence-corrected chi connectivity index (χ4v) is 4.53. The molecule has 3 saturated heterocycles. The van der Waals surface area contributed by atoms with Gasteiger partial charge in [-0.05, 0) is 18.5 Å². The summed E-state index contributed by atoms with van der Waals surface area (Å²) in [6.45, 7) is 6.58. The molecule has 3 heterocycles. The van der Waals surface area contributed by atoms with E-state index in [-0.39, 0.29) is 7.43 Å². The zero-order valence-corrected chi connectivity index (χ0v) is 12.6. The summed E-state index contributed by atoms with van der Waals surface area (Å²) >= 11 is 0. The highest BCUT2D eigenvalue weighted by Crippen LogP contribution is 2.14. The lowest BCUT2D eigenvalue weighted by Gasteiger charge is -2.19. The van der Waals surface area contributed by atoms with Crippen LogP contribution < -0.4 is 0 Å². The van der Waals surface area contributed by atoms with Crippen LogP contribution in [-0.4, -0.2) is 54.3 Å². The average molecular weight is 290 g/mol. The van der Waals surface area contributed by atoms with E-state index < -0.39 is 9.04 Å². The van der Waals surface area contributed by atoms with Gasteiger partial charge in [-0.25, -0.2) is 0 Å². The predicted octanol–water partition coefficient (Wildman–Crippen LogP) is 2.37. The SMILES string of the molecule is C.C(OCC1CO1)C1CO1.CCC[SiH]1CCCCO1. The third kappa shape index (κ3) is 8.76. The largest absolute Gasteiger partial charge is 0.420 e. The zero-order valence-electron chi connectivity index (χ0n) is 11.4. The lowest BCUT2D eigenvalue weighted by Crippen LogP contribution is -2.22. The van der Waals surface area contributed by atoms with E-state index in [4.69, 9.17) is 18.6 Å². The maximum absolute atomic E-state index is 5.66. The summed E-state index contributed by atoms with van der Waals surface area (Å²) in [5.41, 5.74) is 0. The predicted molar refractivity (Wildman–Crippen MR) is 79.3 cm³/mol. The van der Waals surface area contributed by atoms with Gasteiger partial charge in [-0.2, -0.15) is 0 Å². The third-order valence-corrected chi connectivity index (χ3v) is 6.28. The van der Waals surface area contributed by atoms with Crippen LogP contribution in [0.2, 0.25) is 12.1 Å². The molecule has 0 radical (unpaired) electrons. The minimum atomic E-state index is -0.626. The van der Waals surface area contributed by atoms with Crippen LogP contribution in [-0.2, 0) is 18.6 Å². The Morgan fingerprint density at radius 2 is 1.74 bits per heavy atom. The summed E-state index contributed by atoms with van der Waals surface area (Å²) in [5, 5.41) is 0. The second kappa shape index (κ2) is 9.88. The fraction of sp³-hybridized carbons (Fsp3) is 1.00. The molecule has 0 N–H and O–H groups in total. The Labute approximate surface area is 119 Å². The smallest absolute Gasteiger partial charge is 0.176 e. The highest BCUT2D eigenvalue weighted by atomic mass is 28.3. The van der Waals surface area contributed by atoms with E-state index in [9.17, 15) is 0 Å². The molecule has 0 aliphatic carbocycles. The fourth-order valence-electron chi connectivity index (χ4n) is 2.02. The van der Waals surface area contributed by atoms with Gasteiger partial charge in [0.25, 0.3) is 0 Å². The van der Waals surface area contributed by atoms with Gasteiger partial charge in [0.2, 0.25) is 0 Å². The van der Waals surface area contributed by atoms with Gasteiger partial charge in [-0.15, -0.1) is 0 Å². The van der Waals surface area contributed by atoms with Crippen molar-refractivity contribution in [3.63, 3.8) is 0 Å². The third-order valence-electron chi connectivity index (χ3n) is 3.30. The Balaban J connectivity index is 0.000000180. The molecule has 19 heavy (non-hydrogen) atoms. The Kier molecular flexibility index (Phi) is 8.90. The van der Waals surface area contributed by atoms with Gasteiger partial charge in [0.15, 0.2) is 9.04 Å². The molecule has 0 aromatic rings.